The summed E-state index contributed by atoms with van der Waals surface area (Å²) in [5.41, 5.74) is 0.445. The lowest BCUT2D eigenvalue weighted by Crippen LogP contribution is -2.40. The summed E-state index contributed by atoms with van der Waals surface area (Å²) < 4.78 is 37.2. The van der Waals surface area contributed by atoms with Gasteiger partial charge in [0.1, 0.15) is 10.4 Å². The van der Waals surface area contributed by atoms with Crippen molar-refractivity contribution in [2.24, 2.45) is 0 Å². The molecule has 1 aliphatic rings. The second kappa shape index (κ2) is 8.09. The molecule has 1 aliphatic carbocycles. The standard InChI is InChI=1S/C16H20ClNO4S2.C2H6/c1-16(2,3)15-18-12-6-5-11(17)14(13(12)21-15)24(19,20)10-7-9(8-10)22-23-4;1-2/h5-6,9-10H,7-8H2,1-4H3;1-2H3. The molecule has 0 bridgehead atoms. The second-order valence-corrected chi connectivity index (χ2v) is 10.1. The summed E-state index contributed by atoms with van der Waals surface area (Å²) in [5, 5.41) is -0.325. The van der Waals surface area contributed by atoms with Crippen LogP contribution in [0.2, 0.25) is 5.02 Å². The molecule has 0 N–H and O–H groups in total. The molecule has 0 amide bonds. The van der Waals surface area contributed by atoms with E-state index in [1.807, 2.05) is 40.9 Å². The number of nitrogens with zero attached hydrogens (tertiary/aromatic N) is 1. The van der Waals surface area contributed by atoms with Crippen LogP contribution in [0.3, 0.4) is 0 Å². The van der Waals surface area contributed by atoms with Crippen molar-refractivity contribution in [1.29, 1.82) is 0 Å². The maximum Gasteiger partial charge on any atom is 0.200 e. The number of rotatable bonds is 4. The van der Waals surface area contributed by atoms with Gasteiger partial charge >= 0.3 is 0 Å². The normalized spacial score (nSPS) is 20.4. The van der Waals surface area contributed by atoms with Crippen molar-refractivity contribution in [2.45, 2.75) is 69.1 Å². The van der Waals surface area contributed by atoms with E-state index in [2.05, 4.69) is 4.98 Å². The number of halogens is 1. The number of oxazole rings is 1. The molecule has 1 aromatic heterocycles. The summed E-state index contributed by atoms with van der Waals surface area (Å²) in [7, 11) is -3.60. The van der Waals surface area contributed by atoms with Crippen molar-refractivity contribution in [2.75, 3.05) is 6.26 Å². The van der Waals surface area contributed by atoms with Crippen molar-refractivity contribution in [3.8, 4) is 0 Å². The first kappa shape index (κ1) is 21.5. The molecule has 26 heavy (non-hydrogen) atoms. The third kappa shape index (κ3) is 4.06. The van der Waals surface area contributed by atoms with Crippen LogP contribution in [0.4, 0.5) is 0 Å². The fourth-order valence-electron chi connectivity index (χ4n) is 2.68. The van der Waals surface area contributed by atoms with Gasteiger partial charge in [-0.2, -0.15) is 0 Å². The molecule has 0 unspecified atom stereocenters. The van der Waals surface area contributed by atoms with Gasteiger partial charge in [0, 0.05) is 11.7 Å². The molecule has 8 heteroatoms. The highest BCUT2D eigenvalue weighted by atomic mass is 35.5. The zero-order chi connectivity index (χ0) is 19.7. The number of benzene rings is 1. The van der Waals surface area contributed by atoms with Crippen molar-refractivity contribution in [3.63, 3.8) is 0 Å². The first-order valence-electron chi connectivity index (χ1n) is 8.67. The Bertz CT molecular complexity index is 865. The van der Waals surface area contributed by atoms with Gasteiger partial charge in [0.05, 0.1) is 16.4 Å². The maximum absolute atomic E-state index is 13.0. The van der Waals surface area contributed by atoms with Crippen LogP contribution < -0.4 is 0 Å². The van der Waals surface area contributed by atoms with Crippen molar-refractivity contribution in [1.82, 2.24) is 4.98 Å². The van der Waals surface area contributed by atoms with Crippen LogP contribution in [-0.4, -0.2) is 31.0 Å². The smallest absolute Gasteiger partial charge is 0.200 e. The van der Waals surface area contributed by atoms with Crippen LogP contribution in [0.1, 0.15) is 53.4 Å². The van der Waals surface area contributed by atoms with E-state index in [0.29, 0.717) is 24.2 Å². The summed E-state index contributed by atoms with van der Waals surface area (Å²) in [4.78, 5) is 4.48. The Morgan fingerprint density at radius 2 is 1.88 bits per heavy atom. The predicted molar refractivity (Wildman–Crippen MR) is 108 cm³/mol. The van der Waals surface area contributed by atoms with E-state index < -0.39 is 15.1 Å². The fourth-order valence-corrected chi connectivity index (χ4v) is 5.60. The zero-order valence-corrected chi connectivity index (χ0v) is 18.4. The molecule has 0 radical (unpaired) electrons. The molecule has 5 nitrogen and oxygen atoms in total. The van der Waals surface area contributed by atoms with E-state index in [4.69, 9.17) is 20.2 Å². The van der Waals surface area contributed by atoms with Gasteiger partial charge in [0.15, 0.2) is 15.4 Å². The minimum atomic E-state index is -3.60. The molecule has 0 aliphatic heterocycles. The molecule has 1 saturated carbocycles. The number of fused-ring (bicyclic) bond motifs is 1. The SMILES string of the molecule is CC.CSOC1CC(S(=O)(=O)c2c(Cl)ccc3nc(C(C)(C)C)oc23)C1. The van der Waals surface area contributed by atoms with Crippen molar-refractivity contribution >= 4 is 44.6 Å². The van der Waals surface area contributed by atoms with E-state index in [1.54, 1.807) is 12.1 Å². The minimum Gasteiger partial charge on any atom is -0.439 e. The molecule has 0 saturated heterocycles. The summed E-state index contributed by atoms with van der Waals surface area (Å²) in [6, 6.07) is 3.26. The Hall–Kier alpha value is -0.760. The summed E-state index contributed by atoms with van der Waals surface area (Å²) in [5.74, 6) is 0.494. The van der Waals surface area contributed by atoms with Gasteiger partial charge < -0.3 is 8.60 Å². The molecular weight excluding hydrogens is 394 g/mol. The Labute approximate surface area is 165 Å². The van der Waals surface area contributed by atoms with Crippen LogP contribution in [0.15, 0.2) is 21.4 Å². The number of hydrogen-bond acceptors (Lipinski definition) is 6. The molecular formula is C18H26ClNO4S2. The fraction of sp³-hybridized carbons (Fsp3) is 0.611. The van der Waals surface area contributed by atoms with E-state index in [9.17, 15) is 8.42 Å². The highest BCUT2D eigenvalue weighted by Gasteiger charge is 2.43. The van der Waals surface area contributed by atoms with Gasteiger partial charge in [0.2, 0.25) is 5.89 Å². The second-order valence-electron chi connectivity index (χ2n) is 7.02. The largest absolute Gasteiger partial charge is 0.439 e. The lowest BCUT2D eigenvalue weighted by Gasteiger charge is -2.33. The van der Waals surface area contributed by atoms with Crippen LogP contribution >= 0.6 is 23.6 Å². The lowest BCUT2D eigenvalue weighted by atomic mass is 9.96. The third-order valence-corrected chi connectivity index (χ3v) is 7.24. The van der Waals surface area contributed by atoms with E-state index in [0.717, 1.165) is 0 Å². The summed E-state index contributed by atoms with van der Waals surface area (Å²) in [6.45, 7) is 9.89. The van der Waals surface area contributed by atoms with Gasteiger partial charge in [0.25, 0.3) is 0 Å². The average molecular weight is 420 g/mol. The van der Waals surface area contributed by atoms with E-state index >= 15 is 0 Å². The first-order chi connectivity index (χ1) is 12.1. The van der Waals surface area contributed by atoms with Crippen LogP contribution in [0.25, 0.3) is 11.1 Å². The first-order valence-corrected chi connectivity index (χ1v) is 11.7. The van der Waals surface area contributed by atoms with E-state index in [-0.39, 0.29) is 27.0 Å². The van der Waals surface area contributed by atoms with Crippen molar-refractivity contribution in [3.05, 3.63) is 23.0 Å². The van der Waals surface area contributed by atoms with E-state index in [1.165, 1.54) is 12.0 Å². The van der Waals surface area contributed by atoms with Gasteiger partial charge in [-0.3, -0.25) is 0 Å². The average Bonchev–Trinajstić information content (AvgIpc) is 2.95. The number of sulfone groups is 1. The third-order valence-electron chi connectivity index (χ3n) is 4.11. The maximum atomic E-state index is 13.0. The molecule has 0 spiro atoms. The van der Waals surface area contributed by atoms with Gasteiger partial charge in [-0.15, -0.1) is 0 Å². The Morgan fingerprint density at radius 3 is 2.42 bits per heavy atom. The Balaban J connectivity index is 0.00000117. The molecule has 1 aromatic carbocycles. The van der Waals surface area contributed by atoms with Gasteiger partial charge in [-0.05, 0) is 37.0 Å². The van der Waals surface area contributed by atoms with Gasteiger partial charge in [-0.25, -0.2) is 13.4 Å². The van der Waals surface area contributed by atoms with Crippen LogP contribution in [0.5, 0.6) is 0 Å². The Kier molecular flexibility index (Phi) is 6.70. The summed E-state index contributed by atoms with van der Waals surface area (Å²) in [6.07, 6.45) is 2.73. The van der Waals surface area contributed by atoms with Crippen LogP contribution in [0, 0.1) is 0 Å². The highest BCUT2D eigenvalue weighted by Crippen LogP contribution is 2.41. The summed E-state index contributed by atoms with van der Waals surface area (Å²) >= 11 is 7.49. The molecule has 0 atom stereocenters. The molecule has 146 valence electrons. The molecule has 1 heterocycles. The Morgan fingerprint density at radius 1 is 1.27 bits per heavy atom. The predicted octanol–water partition coefficient (Wildman–Crippen LogP) is 5.40. The monoisotopic (exact) mass is 419 g/mol. The number of aromatic nitrogens is 1. The topological polar surface area (TPSA) is 69.4 Å². The number of hydrogen-bond donors (Lipinski definition) is 0. The van der Waals surface area contributed by atoms with Crippen LogP contribution in [-0.2, 0) is 19.4 Å². The van der Waals surface area contributed by atoms with Gasteiger partial charge in [-0.1, -0.05) is 46.2 Å². The highest BCUT2D eigenvalue weighted by molar-refractivity contribution is 7.94. The van der Waals surface area contributed by atoms with Crippen molar-refractivity contribution < 1.29 is 17.0 Å². The quantitative estimate of drug-likeness (QED) is 0.617. The zero-order valence-electron chi connectivity index (χ0n) is 16.0. The molecule has 3 rings (SSSR count). The minimum absolute atomic E-state index is 0.0300. The molecule has 1 fully saturated rings. The molecule has 2 aromatic rings. The lowest BCUT2D eigenvalue weighted by molar-refractivity contribution is 0.151.